The number of anilines is 3. The number of nitrogens with zero attached hydrogens (tertiary/aromatic N) is 5. The van der Waals surface area contributed by atoms with Crippen molar-refractivity contribution in [1.29, 1.82) is 0 Å². The standard InChI is InChI=1S/C26H28ClFN6O2/c1-33-8-5-17(6-9-33)2-3-26(35)32-25-12-18(4-7-29-25)34-10-11-36-23-16-30-21(14-22(23)34)19-13-24(27)31-15-20(19)28/h4,7,12-17H,2-3,5-6,8-11H2,1H3,(H,29,32,35). The quantitative estimate of drug-likeness (QED) is 0.471. The van der Waals surface area contributed by atoms with Crippen LogP contribution in [-0.2, 0) is 4.79 Å². The summed E-state index contributed by atoms with van der Waals surface area (Å²) in [7, 11) is 2.14. The Balaban J connectivity index is 1.32. The van der Waals surface area contributed by atoms with Gasteiger partial charge in [-0.15, -0.1) is 0 Å². The van der Waals surface area contributed by atoms with E-state index in [1.165, 1.54) is 6.07 Å². The predicted molar refractivity (Wildman–Crippen MR) is 137 cm³/mol. The summed E-state index contributed by atoms with van der Waals surface area (Å²) in [4.78, 5) is 29.5. The third kappa shape index (κ3) is 5.57. The van der Waals surface area contributed by atoms with Crippen molar-refractivity contribution >= 4 is 34.7 Å². The number of ether oxygens (including phenoxy) is 1. The molecular formula is C26H28ClFN6O2. The van der Waals surface area contributed by atoms with Gasteiger partial charge in [-0.1, -0.05) is 11.6 Å². The molecule has 0 radical (unpaired) electrons. The van der Waals surface area contributed by atoms with Crippen molar-refractivity contribution in [3.8, 4) is 17.0 Å². The Labute approximate surface area is 214 Å². The van der Waals surface area contributed by atoms with E-state index in [-0.39, 0.29) is 16.6 Å². The summed E-state index contributed by atoms with van der Waals surface area (Å²) in [6.07, 6.45) is 7.98. The lowest BCUT2D eigenvalue weighted by atomic mass is 9.92. The monoisotopic (exact) mass is 510 g/mol. The van der Waals surface area contributed by atoms with E-state index >= 15 is 0 Å². The van der Waals surface area contributed by atoms with Gasteiger partial charge in [-0.05, 0) is 63.5 Å². The van der Waals surface area contributed by atoms with Crippen LogP contribution in [0.15, 0.2) is 42.9 Å². The molecule has 3 aromatic rings. The summed E-state index contributed by atoms with van der Waals surface area (Å²) < 4.78 is 20.2. The van der Waals surface area contributed by atoms with Crippen molar-refractivity contribution < 1.29 is 13.9 Å². The fourth-order valence-corrected chi connectivity index (χ4v) is 4.85. The summed E-state index contributed by atoms with van der Waals surface area (Å²) in [6.45, 7) is 3.22. The number of fused-ring (bicyclic) bond motifs is 1. The number of nitrogens with one attached hydrogen (secondary N) is 1. The molecule has 2 aliphatic rings. The van der Waals surface area contributed by atoms with Crippen LogP contribution in [0.5, 0.6) is 5.75 Å². The highest BCUT2D eigenvalue weighted by molar-refractivity contribution is 6.29. The van der Waals surface area contributed by atoms with E-state index in [9.17, 15) is 9.18 Å². The molecule has 0 aromatic carbocycles. The zero-order chi connectivity index (χ0) is 25.1. The highest BCUT2D eigenvalue weighted by atomic mass is 35.5. The maximum atomic E-state index is 14.4. The fraction of sp³-hybridized carbons (Fsp3) is 0.385. The van der Waals surface area contributed by atoms with Gasteiger partial charge in [0.15, 0.2) is 11.6 Å². The molecule has 1 saturated heterocycles. The zero-order valence-electron chi connectivity index (χ0n) is 20.1. The van der Waals surface area contributed by atoms with Crippen LogP contribution >= 0.6 is 11.6 Å². The first-order valence-electron chi connectivity index (χ1n) is 12.1. The number of hydrogen-bond donors (Lipinski definition) is 1. The van der Waals surface area contributed by atoms with Crippen molar-refractivity contribution in [3.63, 3.8) is 0 Å². The van der Waals surface area contributed by atoms with Gasteiger partial charge in [0.25, 0.3) is 0 Å². The first-order valence-corrected chi connectivity index (χ1v) is 12.5. The molecule has 0 bridgehead atoms. The minimum absolute atomic E-state index is 0.0301. The maximum absolute atomic E-state index is 14.4. The van der Waals surface area contributed by atoms with Crippen LogP contribution < -0.4 is 15.0 Å². The van der Waals surface area contributed by atoms with Crippen molar-refractivity contribution in [1.82, 2.24) is 19.9 Å². The smallest absolute Gasteiger partial charge is 0.225 e. The average molecular weight is 511 g/mol. The minimum Gasteiger partial charge on any atom is -0.488 e. The second-order valence-electron chi connectivity index (χ2n) is 9.26. The van der Waals surface area contributed by atoms with Crippen LogP contribution in [0.4, 0.5) is 21.6 Å². The Kier molecular flexibility index (Phi) is 7.29. The number of carbonyl (C=O) groups excluding carboxylic acids is 1. The van der Waals surface area contributed by atoms with Gasteiger partial charge < -0.3 is 19.9 Å². The lowest BCUT2D eigenvalue weighted by molar-refractivity contribution is -0.116. The molecule has 188 valence electrons. The number of likely N-dealkylation sites (tertiary alicyclic amines) is 1. The number of piperidine rings is 1. The highest BCUT2D eigenvalue weighted by Crippen LogP contribution is 2.39. The van der Waals surface area contributed by atoms with E-state index in [1.54, 1.807) is 18.5 Å². The van der Waals surface area contributed by atoms with Gasteiger partial charge >= 0.3 is 0 Å². The normalized spacial score (nSPS) is 16.4. The molecule has 0 atom stereocenters. The van der Waals surface area contributed by atoms with E-state index < -0.39 is 5.82 Å². The molecule has 0 spiro atoms. The van der Waals surface area contributed by atoms with Gasteiger partial charge in [0.05, 0.1) is 30.3 Å². The van der Waals surface area contributed by atoms with Crippen molar-refractivity contribution in [2.45, 2.75) is 25.7 Å². The topological polar surface area (TPSA) is 83.5 Å². The lowest BCUT2D eigenvalue weighted by Crippen LogP contribution is -2.30. The fourth-order valence-electron chi connectivity index (χ4n) is 4.69. The molecule has 5 heterocycles. The number of carbonyl (C=O) groups is 1. The van der Waals surface area contributed by atoms with Crippen molar-refractivity contribution in [3.05, 3.63) is 53.8 Å². The van der Waals surface area contributed by atoms with Gasteiger partial charge in [-0.2, -0.15) is 0 Å². The molecule has 8 nitrogen and oxygen atoms in total. The summed E-state index contributed by atoms with van der Waals surface area (Å²) in [5.41, 5.74) is 2.26. The SMILES string of the molecule is CN1CCC(CCC(=O)Nc2cc(N3CCOc4cnc(-c5cc(Cl)ncc5F)cc43)ccn2)CC1. The molecule has 1 amide bonds. The van der Waals surface area contributed by atoms with Gasteiger partial charge in [-0.25, -0.2) is 14.4 Å². The van der Waals surface area contributed by atoms with Crippen molar-refractivity contribution in [2.24, 2.45) is 5.92 Å². The molecule has 1 fully saturated rings. The first-order chi connectivity index (χ1) is 17.5. The number of aromatic nitrogens is 3. The molecule has 2 aliphatic heterocycles. The van der Waals surface area contributed by atoms with Gasteiger partial charge in [0, 0.05) is 29.9 Å². The van der Waals surface area contributed by atoms with E-state index in [2.05, 4.69) is 32.2 Å². The number of rotatable bonds is 6. The third-order valence-electron chi connectivity index (χ3n) is 6.75. The molecule has 10 heteroatoms. The third-order valence-corrected chi connectivity index (χ3v) is 6.96. The molecule has 1 N–H and O–H groups in total. The zero-order valence-corrected chi connectivity index (χ0v) is 20.8. The second-order valence-corrected chi connectivity index (χ2v) is 9.64. The number of halogens is 2. The molecule has 36 heavy (non-hydrogen) atoms. The lowest BCUT2D eigenvalue weighted by Gasteiger charge is -2.31. The van der Waals surface area contributed by atoms with Crippen LogP contribution in [0, 0.1) is 11.7 Å². The minimum atomic E-state index is -0.510. The molecular weight excluding hydrogens is 483 g/mol. The van der Waals surface area contributed by atoms with E-state index in [0.29, 0.717) is 42.8 Å². The van der Waals surface area contributed by atoms with Crippen LogP contribution in [0.25, 0.3) is 11.3 Å². The van der Waals surface area contributed by atoms with E-state index in [1.807, 2.05) is 17.0 Å². The number of pyridine rings is 3. The van der Waals surface area contributed by atoms with Crippen molar-refractivity contribution in [2.75, 3.05) is 43.5 Å². The Hall–Kier alpha value is -3.30. The van der Waals surface area contributed by atoms with E-state index in [0.717, 1.165) is 49.9 Å². The molecule has 5 rings (SSSR count). The van der Waals surface area contributed by atoms with E-state index in [4.69, 9.17) is 16.3 Å². The Morgan fingerprint density at radius 3 is 2.83 bits per heavy atom. The van der Waals surface area contributed by atoms with Gasteiger partial charge in [-0.3, -0.25) is 9.78 Å². The largest absolute Gasteiger partial charge is 0.488 e. The van der Waals surface area contributed by atoms with Crippen LogP contribution in [-0.4, -0.2) is 59.0 Å². The molecule has 0 aliphatic carbocycles. The number of hydrogen-bond acceptors (Lipinski definition) is 7. The highest BCUT2D eigenvalue weighted by Gasteiger charge is 2.23. The first kappa shape index (κ1) is 24.4. The van der Waals surface area contributed by atoms with Gasteiger partial charge in [0.1, 0.15) is 17.6 Å². The summed E-state index contributed by atoms with van der Waals surface area (Å²) >= 11 is 5.98. The Morgan fingerprint density at radius 1 is 1.17 bits per heavy atom. The summed E-state index contributed by atoms with van der Waals surface area (Å²) in [6, 6.07) is 6.93. The van der Waals surface area contributed by atoms with Crippen LogP contribution in [0.2, 0.25) is 5.15 Å². The number of amides is 1. The second kappa shape index (κ2) is 10.8. The average Bonchev–Trinajstić information content (AvgIpc) is 2.89. The summed E-state index contributed by atoms with van der Waals surface area (Å²) in [5, 5.41) is 3.13. The Morgan fingerprint density at radius 2 is 2.00 bits per heavy atom. The van der Waals surface area contributed by atoms with Gasteiger partial charge in [0.2, 0.25) is 5.91 Å². The molecule has 0 saturated carbocycles. The Bertz CT molecular complexity index is 1250. The van der Waals surface area contributed by atoms with Crippen LogP contribution in [0.1, 0.15) is 25.7 Å². The molecule has 0 unspecified atom stereocenters. The maximum Gasteiger partial charge on any atom is 0.225 e. The summed E-state index contributed by atoms with van der Waals surface area (Å²) in [5.74, 6) is 1.14. The van der Waals surface area contributed by atoms with Crippen LogP contribution in [0.3, 0.4) is 0 Å². The predicted octanol–water partition coefficient (Wildman–Crippen LogP) is 4.92. The molecule has 3 aromatic heterocycles.